The highest BCUT2D eigenvalue weighted by molar-refractivity contribution is 6.63. The number of amides is 2. The first kappa shape index (κ1) is 9.72. The third kappa shape index (κ3) is 3.03. The molecule has 10 heavy (non-hydrogen) atoms. The van der Waals surface area contributed by atoms with Crippen LogP contribution in [0.15, 0.2) is 0 Å². The van der Waals surface area contributed by atoms with Gasteiger partial charge in [-0.3, -0.25) is 14.5 Å². The van der Waals surface area contributed by atoms with Gasteiger partial charge in [0.2, 0.25) is 5.91 Å². The number of imide groups is 1. The average Bonchev–Trinajstić information content (AvgIpc) is 1.87. The van der Waals surface area contributed by atoms with E-state index < -0.39 is 5.37 Å². The Hall–Kier alpha value is -0.280. The lowest BCUT2D eigenvalue weighted by atomic mass is 10.4. The lowest BCUT2D eigenvalue weighted by Gasteiger charge is -2.08. The Morgan fingerprint density at radius 3 is 2.30 bits per heavy atom. The van der Waals surface area contributed by atoms with Crippen LogP contribution in [0.4, 0.5) is 4.79 Å². The minimum Gasteiger partial charge on any atom is -0.274 e. The van der Waals surface area contributed by atoms with Gasteiger partial charge in [0.1, 0.15) is 0 Å². The third-order valence-corrected chi connectivity index (χ3v) is 1.39. The SMILES string of the molecule is CN(C(=O)Cl)C(=O)CCCl. The zero-order valence-electron chi connectivity index (χ0n) is 5.43. The molecule has 0 aliphatic carbocycles. The highest BCUT2D eigenvalue weighted by Gasteiger charge is 2.12. The Labute approximate surface area is 68.9 Å². The first-order valence-corrected chi connectivity index (χ1v) is 3.52. The summed E-state index contributed by atoms with van der Waals surface area (Å²) in [6.07, 6.45) is 0.135. The Morgan fingerprint density at radius 2 is 2.00 bits per heavy atom. The Balaban J connectivity index is 3.82. The molecular formula is C5H7Cl2NO2. The van der Waals surface area contributed by atoms with E-state index in [0.717, 1.165) is 4.90 Å². The van der Waals surface area contributed by atoms with Crippen LogP contribution in [-0.2, 0) is 4.79 Å². The fourth-order valence-electron chi connectivity index (χ4n) is 0.347. The molecule has 0 aromatic carbocycles. The second-order valence-electron chi connectivity index (χ2n) is 1.64. The van der Waals surface area contributed by atoms with Gasteiger partial charge < -0.3 is 0 Å². The van der Waals surface area contributed by atoms with Crippen LogP contribution in [-0.4, -0.2) is 29.1 Å². The topological polar surface area (TPSA) is 37.4 Å². The molecule has 0 N–H and O–H groups in total. The van der Waals surface area contributed by atoms with Crippen molar-refractivity contribution in [2.24, 2.45) is 0 Å². The van der Waals surface area contributed by atoms with Gasteiger partial charge in [-0.05, 0) is 11.6 Å². The summed E-state index contributed by atoms with van der Waals surface area (Å²) >= 11 is 10.2. The number of rotatable bonds is 2. The van der Waals surface area contributed by atoms with Crippen molar-refractivity contribution < 1.29 is 9.59 Å². The predicted octanol–water partition coefficient (Wildman–Crippen LogP) is 1.43. The van der Waals surface area contributed by atoms with Crippen molar-refractivity contribution in [3.8, 4) is 0 Å². The van der Waals surface area contributed by atoms with Crippen molar-refractivity contribution >= 4 is 34.5 Å². The number of hydrogen-bond donors (Lipinski definition) is 0. The lowest BCUT2D eigenvalue weighted by molar-refractivity contribution is -0.126. The fourth-order valence-corrected chi connectivity index (χ4v) is 0.603. The van der Waals surface area contributed by atoms with E-state index in [1.807, 2.05) is 0 Å². The van der Waals surface area contributed by atoms with Crippen LogP contribution >= 0.6 is 23.2 Å². The summed E-state index contributed by atoms with van der Waals surface area (Å²) in [6.45, 7) is 0. The number of hydrogen-bond acceptors (Lipinski definition) is 2. The molecule has 58 valence electrons. The normalized spacial score (nSPS) is 9.10. The summed E-state index contributed by atoms with van der Waals surface area (Å²) in [6, 6.07) is 0. The summed E-state index contributed by atoms with van der Waals surface area (Å²) in [5.74, 6) is -0.164. The van der Waals surface area contributed by atoms with Gasteiger partial charge in [-0.15, -0.1) is 11.6 Å². The molecule has 0 heterocycles. The summed E-state index contributed by atoms with van der Waals surface area (Å²) < 4.78 is 0. The molecule has 0 radical (unpaired) electrons. The van der Waals surface area contributed by atoms with Crippen LogP contribution in [0.2, 0.25) is 0 Å². The van der Waals surface area contributed by atoms with E-state index in [1.54, 1.807) is 0 Å². The molecule has 0 aromatic rings. The molecule has 0 aliphatic heterocycles. The third-order valence-electron chi connectivity index (χ3n) is 0.946. The highest BCUT2D eigenvalue weighted by atomic mass is 35.5. The minimum absolute atomic E-state index is 0.135. The van der Waals surface area contributed by atoms with E-state index in [0.29, 0.717) is 0 Å². The van der Waals surface area contributed by atoms with E-state index in [2.05, 4.69) is 0 Å². The lowest BCUT2D eigenvalue weighted by Crippen LogP contribution is -2.28. The predicted molar refractivity (Wildman–Crippen MR) is 39.4 cm³/mol. The number of nitrogens with zero attached hydrogens (tertiary/aromatic N) is 1. The first-order valence-electron chi connectivity index (χ1n) is 2.61. The molecule has 2 amide bonds. The van der Waals surface area contributed by atoms with Gasteiger partial charge in [0.15, 0.2) is 0 Å². The van der Waals surface area contributed by atoms with Crippen molar-refractivity contribution in [2.75, 3.05) is 12.9 Å². The van der Waals surface area contributed by atoms with Crippen LogP contribution in [0.3, 0.4) is 0 Å². The number of halogens is 2. The molecule has 0 unspecified atom stereocenters. The van der Waals surface area contributed by atoms with E-state index in [9.17, 15) is 9.59 Å². The summed E-state index contributed by atoms with van der Waals surface area (Å²) in [7, 11) is 1.31. The monoisotopic (exact) mass is 183 g/mol. The second kappa shape index (κ2) is 4.52. The maximum Gasteiger partial charge on any atom is 0.322 e. The van der Waals surface area contributed by atoms with E-state index in [-0.39, 0.29) is 18.2 Å². The molecule has 0 atom stereocenters. The highest BCUT2D eigenvalue weighted by Crippen LogP contribution is 1.97. The van der Waals surface area contributed by atoms with Crippen molar-refractivity contribution in [1.29, 1.82) is 0 Å². The van der Waals surface area contributed by atoms with Crippen molar-refractivity contribution in [3.63, 3.8) is 0 Å². The van der Waals surface area contributed by atoms with Crippen LogP contribution in [0.5, 0.6) is 0 Å². The van der Waals surface area contributed by atoms with E-state index >= 15 is 0 Å². The maximum atomic E-state index is 10.7. The summed E-state index contributed by atoms with van der Waals surface area (Å²) in [4.78, 5) is 21.8. The molecule has 3 nitrogen and oxygen atoms in total. The number of alkyl halides is 1. The van der Waals surface area contributed by atoms with Gasteiger partial charge in [-0.1, -0.05) is 0 Å². The molecule has 0 aromatic heterocycles. The van der Waals surface area contributed by atoms with Gasteiger partial charge in [-0.25, -0.2) is 0 Å². The standard InChI is InChI=1S/C5H7Cl2NO2/c1-8(5(7)10)4(9)2-3-6/h2-3H2,1H3. The van der Waals surface area contributed by atoms with Crippen LogP contribution in [0, 0.1) is 0 Å². The largest absolute Gasteiger partial charge is 0.322 e. The zero-order chi connectivity index (χ0) is 8.15. The zero-order valence-corrected chi connectivity index (χ0v) is 6.95. The maximum absolute atomic E-state index is 10.7. The minimum atomic E-state index is -0.782. The van der Waals surface area contributed by atoms with Gasteiger partial charge >= 0.3 is 5.37 Å². The summed E-state index contributed by atoms with van der Waals surface area (Å²) in [5, 5.41) is -0.782. The van der Waals surface area contributed by atoms with Crippen LogP contribution in [0.1, 0.15) is 6.42 Å². The fraction of sp³-hybridized carbons (Fsp3) is 0.600. The molecule has 0 saturated carbocycles. The van der Waals surface area contributed by atoms with E-state index in [4.69, 9.17) is 23.2 Å². The number of carbonyl (C=O) groups excluding carboxylic acids is 2. The van der Waals surface area contributed by atoms with Gasteiger partial charge in [0.05, 0.1) is 0 Å². The summed E-state index contributed by atoms with van der Waals surface area (Å²) in [5.41, 5.74) is 0. The molecule has 0 rings (SSSR count). The molecule has 0 saturated heterocycles. The first-order chi connectivity index (χ1) is 4.59. The average molecular weight is 184 g/mol. The van der Waals surface area contributed by atoms with Crippen LogP contribution in [0.25, 0.3) is 0 Å². The van der Waals surface area contributed by atoms with Crippen LogP contribution < -0.4 is 0 Å². The van der Waals surface area contributed by atoms with Gasteiger partial charge in [0.25, 0.3) is 0 Å². The Kier molecular flexibility index (Phi) is 4.40. The molecule has 5 heteroatoms. The Bertz CT molecular complexity index is 149. The smallest absolute Gasteiger partial charge is 0.274 e. The molecule has 0 bridgehead atoms. The quantitative estimate of drug-likeness (QED) is 0.369. The van der Waals surface area contributed by atoms with Crippen molar-refractivity contribution in [3.05, 3.63) is 0 Å². The van der Waals surface area contributed by atoms with Crippen molar-refractivity contribution in [1.82, 2.24) is 4.90 Å². The second-order valence-corrected chi connectivity index (χ2v) is 2.35. The molecule has 0 fully saturated rings. The van der Waals surface area contributed by atoms with Gasteiger partial charge in [0, 0.05) is 19.3 Å². The van der Waals surface area contributed by atoms with E-state index in [1.165, 1.54) is 7.05 Å². The number of carbonyl (C=O) groups is 2. The molecule has 0 aliphatic rings. The van der Waals surface area contributed by atoms with Crippen molar-refractivity contribution in [2.45, 2.75) is 6.42 Å². The van der Waals surface area contributed by atoms with Gasteiger partial charge in [-0.2, -0.15) is 0 Å². The molecule has 0 spiro atoms. The molecular weight excluding hydrogens is 177 g/mol. The Morgan fingerprint density at radius 1 is 1.50 bits per heavy atom.